The van der Waals surface area contributed by atoms with Crippen LogP contribution in [-0.4, -0.2) is 25.2 Å². The molecule has 0 radical (unpaired) electrons. The number of halogens is 1. The van der Waals surface area contributed by atoms with Crippen molar-refractivity contribution in [3.05, 3.63) is 28.3 Å². The Morgan fingerprint density at radius 3 is 3.10 bits per heavy atom. The number of amides is 1. The molecule has 0 aromatic heterocycles. The van der Waals surface area contributed by atoms with Gasteiger partial charge in [-0.3, -0.25) is 4.79 Å². The normalized spacial score (nSPS) is 22.2. The molecule has 5 heteroatoms. The number of anilines is 1. The largest absolute Gasteiger partial charge is 0.378 e. The van der Waals surface area contributed by atoms with Crippen molar-refractivity contribution >= 4 is 23.2 Å². The number of benzene rings is 1. The van der Waals surface area contributed by atoms with E-state index in [-0.39, 0.29) is 11.9 Å². The van der Waals surface area contributed by atoms with E-state index in [1.165, 1.54) is 0 Å². The lowest BCUT2D eigenvalue weighted by molar-refractivity contribution is -0.115. The van der Waals surface area contributed by atoms with Crippen LogP contribution >= 0.6 is 11.6 Å². The van der Waals surface area contributed by atoms with E-state index in [9.17, 15) is 4.79 Å². The minimum Gasteiger partial charge on any atom is -0.378 e. The highest BCUT2D eigenvalue weighted by Gasteiger charge is 2.26. The molecule has 2 atom stereocenters. The topological polar surface area (TPSA) is 50.4 Å². The van der Waals surface area contributed by atoms with E-state index in [1.807, 2.05) is 6.07 Å². The van der Waals surface area contributed by atoms with Crippen LogP contribution in [0.3, 0.4) is 0 Å². The van der Waals surface area contributed by atoms with Gasteiger partial charge in [-0.25, -0.2) is 0 Å². The van der Waals surface area contributed by atoms with E-state index in [0.717, 1.165) is 49.2 Å². The zero-order chi connectivity index (χ0) is 14.8. The van der Waals surface area contributed by atoms with Gasteiger partial charge in [0.05, 0.1) is 12.5 Å². The number of ether oxygens (including phenoxy) is 1. The Hall–Kier alpha value is -1.10. The zero-order valence-corrected chi connectivity index (χ0v) is 13.0. The highest BCUT2D eigenvalue weighted by molar-refractivity contribution is 6.32. The van der Waals surface area contributed by atoms with Gasteiger partial charge in [0.15, 0.2) is 0 Å². The van der Waals surface area contributed by atoms with Gasteiger partial charge in [-0.15, -0.1) is 0 Å². The fourth-order valence-corrected chi connectivity index (χ4v) is 3.49. The van der Waals surface area contributed by atoms with E-state index < -0.39 is 0 Å². The Bertz CT molecular complexity index is 541. The summed E-state index contributed by atoms with van der Waals surface area (Å²) >= 11 is 6.44. The molecule has 1 amide bonds. The van der Waals surface area contributed by atoms with Crippen LogP contribution in [0.4, 0.5) is 5.69 Å². The van der Waals surface area contributed by atoms with Gasteiger partial charge in [-0.05, 0) is 43.0 Å². The monoisotopic (exact) mass is 308 g/mol. The van der Waals surface area contributed by atoms with Crippen LogP contribution < -0.4 is 10.6 Å². The van der Waals surface area contributed by atoms with E-state index in [1.54, 1.807) is 0 Å². The molecule has 1 saturated heterocycles. The molecule has 114 valence electrons. The van der Waals surface area contributed by atoms with E-state index in [4.69, 9.17) is 16.3 Å². The number of carbonyl (C=O) groups is 1. The van der Waals surface area contributed by atoms with Crippen molar-refractivity contribution in [2.45, 2.75) is 44.8 Å². The minimum atomic E-state index is 0.0392. The lowest BCUT2D eigenvalue weighted by atomic mass is 9.96. The fraction of sp³-hybridized carbons (Fsp3) is 0.562. The van der Waals surface area contributed by atoms with E-state index >= 15 is 0 Å². The maximum absolute atomic E-state index is 11.5. The Kier molecular flexibility index (Phi) is 4.48. The Morgan fingerprint density at radius 2 is 2.38 bits per heavy atom. The summed E-state index contributed by atoms with van der Waals surface area (Å²) in [6.07, 6.45) is 3.93. The molecule has 2 N–H and O–H groups in total. The molecule has 2 aliphatic rings. The quantitative estimate of drug-likeness (QED) is 0.879. The lowest BCUT2D eigenvalue weighted by Gasteiger charge is -2.23. The van der Waals surface area contributed by atoms with Crippen LogP contribution in [0, 0.1) is 0 Å². The summed E-state index contributed by atoms with van der Waals surface area (Å²) in [4.78, 5) is 11.5. The predicted octanol–water partition coefficient (Wildman–Crippen LogP) is 3.05. The van der Waals surface area contributed by atoms with Crippen LogP contribution in [0.5, 0.6) is 0 Å². The molecule has 3 rings (SSSR count). The van der Waals surface area contributed by atoms with Gasteiger partial charge in [-0.1, -0.05) is 24.6 Å². The number of hydrogen-bond donors (Lipinski definition) is 2. The van der Waals surface area contributed by atoms with Crippen LogP contribution in [0.25, 0.3) is 0 Å². The Balaban J connectivity index is 1.84. The molecule has 0 bridgehead atoms. The van der Waals surface area contributed by atoms with Crippen molar-refractivity contribution in [3.63, 3.8) is 0 Å². The molecule has 2 heterocycles. The van der Waals surface area contributed by atoms with Crippen molar-refractivity contribution in [1.29, 1.82) is 0 Å². The van der Waals surface area contributed by atoms with Crippen molar-refractivity contribution < 1.29 is 9.53 Å². The molecule has 0 spiro atoms. The van der Waals surface area contributed by atoms with Crippen LogP contribution in [0.15, 0.2) is 12.1 Å². The standard InChI is InChI=1S/C16H21ClN2O2/c1-2-18-15(8-11-4-3-5-21-11)12-6-10-7-16(20)19-14(10)9-13(12)17/h6,9,11,15,18H,2-5,7-8H2,1H3,(H,19,20). The first kappa shape index (κ1) is 14.8. The molecular formula is C16H21ClN2O2. The summed E-state index contributed by atoms with van der Waals surface area (Å²) in [7, 11) is 0. The third-order valence-electron chi connectivity index (χ3n) is 4.20. The van der Waals surface area contributed by atoms with Gasteiger partial charge >= 0.3 is 0 Å². The number of hydrogen-bond acceptors (Lipinski definition) is 3. The van der Waals surface area contributed by atoms with Crippen molar-refractivity contribution in [2.75, 3.05) is 18.5 Å². The summed E-state index contributed by atoms with van der Waals surface area (Å²) in [6, 6.07) is 4.11. The van der Waals surface area contributed by atoms with Gasteiger partial charge in [0.2, 0.25) is 5.91 Å². The maximum atomic E-state index is 11.5. The molecule has 4 nitrogen and oxygen atoms in total. The second-order valence-corrected chi connectivity index (χ2v) is 6.14. The SMILES string of the molecule is CCNC(CC1CCCO1)c1cc2c(cc1Cl)NC(=O)C2. The molecule has 2 aliphatic heterocycles. The average Bonchev–Trinajstić information content (AvgIpc) is 3.05. The summed E-state index contributed by atoms with van der Waals surface area (Å²) in [5, 5.41) is 7.05. The number of fused-ring (bicyclic) bond motifs is 1. The molecule has 2 unspecified atom stereocenters. The smallest absolute Gasteiger partial charge is 0.228 e. The summed E-state index contributed by atoms with van der Waals surface area (Å²) in [5.41, 5.74) is 2.96. The second kappa shape index (κ2) is 6.34. The first-order chi connectivity index (χ1) is 10.2. The molecule has 0 saturated carbocycles. The first-order valence-corrected chi connectivity index (χ1v) is 8.02. The molecule has 0 aliphatic carbocycles. The van der Waals surface area contributed by atoms with Gasteiger partial charge in [0.25, 0.3) is 0 Å². The van der Waals surface area contributed by atoms with Crippen molar-refractivity contribution in [3.8, 4) is 0 Å². The van der Waals surface area contributed by atoms with Gasteiger partial charge in [0, 0.05) is 23.4 Å². The van der Waals surface area contributed by atoms with Gasteiger partial charge in [-0.2, -0.15) is 0 Å². The zero-order valence-electron chi connectivity index (χ0n) is 12.2. The summed E-state index contributed by atoms with van der Waals surface area (Å²) in [6.45, 7) is 3.83. The highest BCUT2D eigenvalue weighted by atomic mass is 35.5. The minimum absolute atomic E-state index is 0.0392. The second-order valence-electron chi connectivity index (χ2n) is 5.74. The third-order valence-corrected chi connectivity index (χ3v) is 4.52. The molecule has 1 aromatic rings. The first-order valence-electron chi connectivity index (χ1n) is 7.64. The van der Waals surface area contributed by atoms with Crippen LogP contribution in [0.1, 0.15) is 43.4 Å². The Labute approximate surface area is 130 Å². The molecule has 21 heavy (non-hydrogen) atoms. The molecule has 1 aromatic carbocycles. The average molecular weight is 309 g/mol. The summed E-state index contributed by atoms with van der Waals surface area (Å²) in [5.74, 6) is 0.0392. The predicted molar refractivity (Wildman–Crippen MR) is 83.8 cm³/mol. The van der Waals surface area contributed by atoms with Gasteiger partial charge in [0.1, 0.15) is 0 Å². The van der Waals surface area contributed by atoms with Crippen molar-refractivity contribution in [2.24, 2.45) is 0 Å². The lowest BCUT2D eigenvalue weighted by Crippen LogP contribution is -2.25. The molecule has 1 fully saturated rings. The number of carbonyl (C=O) groups excluding carboxylic acids is 1. The van der Waals surface area contributed by atoms with E-state index in [2.05, 4.69) is 23.6 Å². The number of nitrogens with one attached hydrogen (secondary N) is 2. The number of rotatable bonds is 5. The van der Waals surface area contributed by atoms with Crippen LogP contribution in [0.2, 0.25) is 5.02 Å². The fourth-order valence-electron chi connectivity index (χ4n) is 3.19. The van der Waals surface area contributed by atoms with E-state index in [0.29, 0.717) is 17.5 Å². The highest BCUT2D eigenvalue weighted by Crippen LogP contribution is 2.35. The maximum Gasteiger partial charge on any atom is 0.228 e. The molecular weight excluding hydrogens is 288 g/mol. The summed E-state index contributed by atoms with van der Waals surface area (Å²) < 4.78 is 5.75. The van der Waals surface area contributed by atoms with Crippen molar-refractivity contribution in [1.82, 2.24) is 5.32 Å². The van der Waals surface area contributed by atoms with Gasteiger partial charge < -0.3 is 15.4 Å². The Morgan fingerprint density at radius 1 is 1.52 bits per heavy atom. The van der Waals surface area contributed by atoms with Crippen LogP contribution in [-0.2, 0) is 16.0 Å². The third kappa shape index (κ3) is 3.23.